The largest absolute Gasteiger partial charge is 0.468 e. The standard InChI is InChI=1S/C22H22N2O8/c1-5-10-31-20(27)16-12(2)32-18(23)17(19(26)30-4)22(16)13-8-6-7-9-14(13)24(21(22)28)11-15(25)29-3/h5-9H,1,10-11,23H2,2-4H3/t22-/m1/s1. The first kappa shape index (κ1) is 22.6. The number of esters is 3. The van der Waals surface area contributed by atoms with Crippen LogP contribution in [-0.2, 0) is 43.5 Å². The number of nitrogens with zero attached hydrogens (tertiary/aromatic N) is 1. The van der Waals surface area contributed by atoms with Gasteiger partial charge in [-0.2, -0.15) is 0 Å². The number of rotatable bonds is 6. The van der Waals surface area contributed by atoms with Gasteiger partial charge < -0.3 is 24.7 Å². The average Bonchev–Trinajstić information content (AvgIpc) is 3.00. The highest BCUT2D eigenvalue weighted by atomic mass is 16.5. The molecule has 1 spiro atoms. The van der Waals surface area contributed by atoms with E-state index in [0.29, 0.717) is 5.69 Å². The van der Waals surface area contributed by atoms with E-state index in [1.54, 1.807) is 24.3 Å². The van der Waals surface area contributed by atoms with E-state index in [9.17, 15) is 19.2 Å². The molecule has 3 rings (SSSR count). The maximum Gasteiger partial charge on any atom is 0.340 e. The van der Waals surface area contributed by atoms with Gasteiger partial charge in [-0.3, -0.25) is 14.5 Å². The fourth-order valence-corrected chi connectivity index (χ4v) is 3.99. The van der Waals surface area contributed by atoms with Crippen molar-refractivity contribution in [1.82, 2.24) is 0 Å². The Morgan fingerprint density at radius 1 is 1.16 bits per heavy atom. The first-order valence-electron chi connectivity index (χ1n) is 9.49. The molecule has 2 heterocycles. The van der Waals surface area contributed by atoms with E-state index in [1.807, 2.05) is 0 Å². The Labute approximate surface area is 183 Å². The molecule has 32 heavy (non-hydrogen) atoms. The summed E-state index contributed by atoms with van der Waals surface area (Å²) in [6.45, 7) is 4.31. The SMILES string of the molecule is C=CCOC(=O)C1=C(C)OC(N)=C(C(=O)OC)[C@]12C(=O)N(CC(=O)OC)c1ccccc12. The van der Waals surface area contributed by atoms with Gasteiger partial charge in [-0.25, -0.2) is 9.59 Å². The number of allylic oxidation sites excluding steroid dienone is 1. The molecule has 2 aliphatic heterocycles. The van der Waals surface area contributed by atoms with Gasteiger partial charge in [0.05, 0.1) is 14.2 Å². The van der Waals surface area contributed by atoms with Crippen molar-refractivity contribution in [2.75, 3.05) is 32.3 Å². The summed E-state index contributed by atoms with van der Waals surface area (Å²) in [5, 5.41) is 0. The quantitative estimate of drug-likeness (QED) is 0.386. The summed E-state index contributed by atoms with van der Waals surface area (Å²) in [7, 11) is 2.29. The molecule has 0 radical (unpaired) electrons. The lowest BCUT2D eigenvalue weighted by Gasteiger charge is -2.36. The maximum absolute atomic E-state index is 14.0. The number of anilines is 1. The zero-order valence-electron chi connectivity index (χ0n) is 17.8. The zero-order valence-corrected chi connectivity index (χ0v) is 17.8. The van der Waals surface area contributed by atoms with Crippen LogP contribution in [0.3, 0.4) is 0 Å². The van der Waals surface area contributed by atoms with Crippen LogP contribution in [-0.4, -0.2) is 51.2 Å². The minimum atomic E-state index is -2.05. The van der Waals surface area contributed by atoms with Crippen molar-refractivity contribution in [1.29, 1.82) is 0 Å². The van der Waals surface area contributed by atoms with Crippen molar-refractivity contribution >= 4 is 29.5 Å². The van der Waals surface area contributed by atoms with E-state index in [4.69, 9.17) is 24.7 Å². The second kappa shape index (κ2) is 8.58. The van der Waals surface area contributed by atoms with Gasteiger partial charge in [0.2, 0.25) is 11.8 Å². The molecular weight excluding hydrogens is 420 g/mol. The number of methoxy groups -OCH3 is 2. The highest BCUT2D eigenvalue weighted by Gasteiger charge is 2.64. The average molecular weight is 442 g/mol. The van der Waals surface area contributed by atoms with Crippen molar-refractivity contribution in [3.8, 4) is 0 Å². The lowest BCUT2D eigenvalue weighted by Crippen LogP contribution is -2.51. The monoisotopic (exact) mass is 442 g/mol. The smallest absolute Gasteiger partial charge is 0.340 e. The second-order valence-electron chi connectivity index (χ2n) is 6.89. The Kier molecular flexibility index (Phi) is 6.06. The number of ether oxygens (including phenoxy) is 4. The number of amides is 1. The summed E-state index contributed by atoms with van der Waals surface area (Å²) in [5.41, 5.74) is 3.89. The van der Waals surface area contributed by atoms with Crippen LogP contribution in [0.1, 0.15) is 12.5 Å². The highest BCUT2D eigenvalue weighted by Crippen LogP contribution is 2.54. The molecule has 10 nitrogen and oxygen atoms in total. The number of para-hydroxylation sites is 1. The molecule has 1 aromatic rings. The topological polar surface area (TPSA) is 134 Å². The van der Waals surface area contributed by atoms with Crippen LogP contribution in [0.25, 0.3) is 0 Å². The summed E-state index contributed by atoms with van der Waals surface area (Å²) < 4.78 is 20.3. The van der Waals surface area contributed by atoms with Crippen LogP contribution >= 0.6 is 0 Å². The van der Waals surface area contributed by atoms with Crippen LogP contribution in [0.15, 0.2) is 59.7 Å². The van der Waals surface area contributed by atoms with Crippen molar-refractivity contribution in [3.05, 3.63) is 65.3 Å². The summed E-state index contributed by atoms with van der Waals surface area (Å²) in [6.07, 6.45) is 1.35. The van der Waals surface area contributed by atoms with E-state index in [2.05, 4.69) is 6.58 Å². The van der Waals surface area contributed by atoms with Gasteiger partial charge >= 0.3 is 17.9 Å². The van der Waals surface area contributed by atoms with Crippen LogP contribution in [0.4, 0.5) is 5.69 Å². The Balaban J connectivity index is 2.38. The Morgan fingerprint density at radius 2 is 1.84 bits per heavy atom. The summed E-state index contributed by atoms with van der Waals surface area (Å²) in [5.74, 6) is -3.82. The molecule has 0 aliphatic carbocycles. The molecule has 1 atom stereocenters. The van der Waals surface area contributed by atoms with E-state index in [0.717, 1.165) is 12.0 Å². The molecule has 168 valence electrons. The van der Waals surface area contributed by atoms with Crippen LogP contribution in [0, 0.1) is 0 Å². The molecule has 1 aromatic carbocycles. The number of carbonyl (C=O) groups is 4. The first-order valence-corrected chi connectivity index (χ1v) is 9.49. The third kappa shape index (κ3) is 3.20. The number of nitrogens with two attached hydrogens (primary N) is 1. The maximum atomic E-state index is 14.0. The number of fused-ring (bicyclic) bond motifs is 2. The van der Waals surface area contributed by atoms with Gasteiger partial charge in [-0.15, -0.1) is 0 Å². The lowest BCUT2D eigenvalue weighted by molar-refractivity contribution is -0.142. The van der Waals surface area contributed by atoms with E-state index < -0.39 is 41.7 Å². The molecule has 0 unspecified atom stereocenters. The fraction of sp³-hybridized carbons (Fsp3) is 0.273. The Bertz CT molecular complexity index is 1090. The Morgan fingerprint density at radius 3 is 2.47 bits per heavy atom. The van der Waals surface area contributed by atoms with E-state index >= 15 is 0 Å². The van der Waals surface area contributed by atoms with Crippen molar-refractivity contribution in [2.24, 2.45) is 5.73 Å². The molecule has 0 saturated heterocycles. The van der Waals surface area contributed by atoms with Gasteiger partial charge in [0.25, 0.3) is 0 Å². The number of hydrogen-bond acceptors (Lipinski definition) is 9. The third-order valence-corrected chi connectivity index (χ3v) is 5.22. The van der Waals surface area contributed by atoms with Gasteiger partial charge in [0.15, 0.2) is 0 Å². The van der Waals surface area contributed by atoms with Crippen LogP contribution < -0.4 is 10.6 Å². The van der Waals surface area contributed by atoms with Gasteiger partial charge in [-0.1, -0.05) is 30.9 Å². The number of hydrogen-bond donors (Lipinski definition) is 1. The van der Waals surface area contributed by atoms with Gasteiger partial charge in [0.1, 0.15) is 35.5 Å². The van der Waals surface area contributed by atoms with Crippen molar-refractivity contribution in [3.63, 3.8) is 0 Å². The van der Waals surface area contributed by atoms with Crippen LogP contribution in [0.2, 0.25) is 0 Å². The predicted octanol–water partition coefficient (Wildman–Crippen LogP) is 0.821. The van der Waals surface area contributed by atoms with E-state index in [-0.39, 0.29) is 29.1 Å². The zero-order chi connectivity index (χ0) is 23.6. The van der Waals surface area contributed by atoms with Crippen LogP contribution in [0.5, 0.6) is 0 Å². The number of benzene rings is 1. The predicted molar refractivity (Wildman–Crippen MR) is 111 cm³/mol. The van der Waals surface area contributed by atoms with Gasteiger partial charge in [0, 0.05) is 11.3 Å². The summed E-state index contributed by atoms with van der Waals surface area (Å²) in [4.78, 5) is 53.2. The lowest BCUT2D eigenvalue weighted by atomic mass is 9.67. The normalized spacial score (nSPS) is 19.5. The van der Waals surface area contributed by atoms with Gasteiger partial charge in [-0.05, 0) is 13.0 Å². The minimum Gasteiger partial charge on any atom is -0.468 e. The molecule has 2 N–H and O–H groups in total. The molecule has 0 aromatic heterocycles. The Hall–Kier alpha value is -4.08. The summed E-state index contributed by atoms with van der Waals surface area (Å²) in [6, 6.07) is 6.40. The molecule has 0 saturated carbocycles. The molecular formula is C22H22N2O8. The molecule has 2 aliphatic rings. The number of carbonyl (C=O) groups excluding carboxylic acids is 4. The van der Waals surface area contributed by atoms with E-state index in [1.165, 1.54) is 20.1 Å². The second-order valence-corrected chi connectivity index (χ2v) is 6.89. The first-order chi connectivity index (χ1) is 15.2. The fourth-order valence-electron chi connectivity index (χ4n) is 3.99. The third-order valence-electron chi connectivity index (χ3n) is 5.22. The molecule has 0 bridgehead atoms. The molecule has 10 heteroatoms. The summed E-state index contributed by atoms with van der Waals surface area (Å²) >= 11 is 0. The molecule has 0 fully saturated rings. The highest BCUT2D eigenvalue weighted by molar-refractivity contribution is 6.23. The van der Waals surface area contributed by atoms with Crippen molar-refractivity contribution in [2.45, 2.75) is 12.3 Å². The molecule has 1 amide bonds. The van der Waals surface area contributed by atoms with Crippen molar-refractivity contribution < 1.29 is 38.1 Å². The minimum absolute atomic E-state index is 0.0349.